The highest BCUT2D eigenvalue weighted by atomic mass is 16.6. The lowest BCUT2D eigenvalue weighted by Gasteiger charge is -2.21. The number of non-ortho nitro benzene ring substituents is 1. The van der Waals surface area contributed by atoms with Gasteiger partial charge in [-0.05, 0) is 51.1 Å². The number of benzene rings is 2. The third-order valence-corrected chi connectivity index (χ3v) is 4.70. The van der Waals surface area contributed by atoms with Gasteiger partial charge in [0.2, 0.25) is 5.55 Å². The van der Waals surface area contributed by atoms with Crippen LogP contribution >= 0.6 is 0 Å². The number of nitro benzene ring substituents is 1. The molecular formula is C21H23N5O3. The fourth-order valence-corrected chi connectivity index (χ4v) is 3.04. The fraction of sp³-hybridized carbons (Fsp3) is 0.238. The van der Waals surface area contributed by atoms with Crippen molar-refractivity contribution in [2.75, 3.05) is 23.4 Å². The second-order valence-electron chi connectivity index (χ2n) is 6.50. The standard InChI is InChI=1S/C21H23N5O3/c1-4-25(5-2)18-9-6-15-12-19(21(22)29-20(15)13-18)14(3)23-24-16-7-10-17(11-8-16)26(27)28/h6-13,22,24H,4-5H2,1-3H3. The number of anilines is 2. The summed E-state index contributed by atoms with van der Waals surface area (Å²) >= 11 is 0. The van der Waals surface area contributed by atoms with Gasteiger partial charge in [0.15, 0.2) is 0 Å². The molecule has 29 heavy (non-hydrogen) atoms. The summed E-state index contributed by atoms with van der Waals surface area (Å²) in [6, 6.07) is 13.8. The Morgan fingerprint density at radius 1 is 1.17 bits per heavy atom. The summed E-state index contributed by atoms with van der Waals surface area (Å²) in [5, 5.41) is 24.1. The summed E-state index contributed by atoms with van der Waals surface area (Å²) in [6.07, 6.45) is 0. The summed E-state index contributed by atoms with van der Waals surface area (Å²) in [4.78, 5) is 12.5. The first kappa shape index (κ1) is 20.1. The predicted octanol–water partition coefficient (Wildman–Crippen LogP) is 4.50. The van der Waals surface area contributed by atoms with Crippen LogP contribution in [0.5, 0.6) is 0 Å². The van der Waals surface area contributed by atoms with Gasteiger partial charge in [-0.1, -0.05) is 0 Å². The molecule has 8 heteroatoms. The van der Waals surface area contributed by atoms with E-state index in [2.05, 4.69) is 29.3 Å². The molecule has 0 radical (unpaired) electrons. The van der Waals surface area contributed by atoms with Crippen LogP contribution in [0.2, 0.25) is 0 Å². The molecule has 0 atom stereocenters. The van der Waals surface area contributed by atoms with Crippen LogP contribution in [-0.2, 0) is 0 Å². The van der Waals surface area contributed by atoms with Crippen LogP contribution in [0.25, 0.3) is 11.0 Å². The van der Waals surface area contributed by atoms with Gasteiger partial charge in [0.05, 0.1) is 21.9 Å². The lowest BCUT2D eigenvalue weighted by molar-refractivity contribution is -0.384. The second-order valence-corrected chi connectivity index (χ2v) is 6.50. The van der Waals surface area contributed by atoms with Crippen molar-refractivity contribution in [2.45, 2.75) is 20.8 Å². The molecule has 150 valence electrons. The van der Waals surface area contributed by atoms with Crippen molar-refractivity contribution in [2.24, 2.45) is 5.10 Å². The van der Waals surface area contributed by atoms with Crippen LogP contribution in [0, 0.1) is 15.5 Å². The Morgan fingerprint density at radius 2 is 1.86 bits per heavy atom. The van der Waals surface area contributed by atoms with Gasteiger partial charge in [-0.25, -0.2) is 0 Å². The zero-order valence-corrected chi connectivity index (χ0v) is 16.6. The van der Waals surface area contributed by atoms with E-state index in [1.807, 2.05) is 24.3 Å². The minimum absolute atomic E-state index is 0.0158. The summed E-state index contributed by atoms with van der Waals surface area (Å²) in [5.41, 5.74) is 6.37. The molecular weight excluding hydrogens is 370 g/mol. The lowest BCUT2D eigenvalue weighted by atomic mass is 10.1. The molecule has 1 heterocycles. The van der Waals surface area contributed by atoms with E-state index in [1.165, 1.54) is 12.1 Å². The maximum atomic E-state index is 10.7. The Balaban J connectivity index is 1.87. The fourth-order valence-electron chi connectivity index (χ4n) is 3.04. The number of fused-ring (bicyclic) bond motifs is 1. The Labute approximate surface area is 168 Å². The van der Waals surface area contributed by atoms with Crippen LogP contribution in [0.4, 0.5) is 17.1 Å². The Kier molecular flexibility index (Phi) is 5.92. The van der Waals surface area contributed by atoms with E-state index >= 15 is 0 Å². The van der Waals surface area contributed by atoms with Gasteiger partial charge < -0.3 is 9.32 Å². The van der Waals surface area contributed by atoms with Gasteiger partial charge in [-0.15, -0.1) is 0 Å². The summed E-state index contributed by atoms with van der Waals surface area (Å²) in [5.74, 6) is 0. The first-order chi connectivity index (χ1) is 13.9. The van der Waals surface area contributed by atoms with Gasteiger partial charge in [0.1, 0.15) is 5.58 Å². The Bertz CT molecular complexity index is 1120. The summed E-state index contributed by atoms with van der Waals surface area (Å²) in [7, 11) is 0. The SMILES string of the molecule is CCN(CC)c1ccc2cc(C(C)=NNc3ccc([N+](=O)[O-])cc3)c(=N)oc2c1. The predicted molar refractivity (Wildman–Crippen MR) is 115 cm³/mol. The molecule has 2 N–H and O–H groups in total. The van der Waals surface area contributed by atoms with Crippen LogP contribution < -0.4 is 15.9 Å². The van der Waals surface area contributed by atoms with Crippen molar-refractivity contribution < 1.29 is 9.34 Å². The smallest absolute Gasteiger partial charge is 0.269 e. The first-order valence-electron chi connectivity index (χ1n) is 9.35. The number of nitrogens with zero attached hydrogens (tertiary/aromatic N) is 3. The van der Waals surface area contributed by atoms with Crippen molar-refractivity contribution in [3.63, 3.8) is 0 Å². The zero-order chi connectivity index (χ0) is 21.0. The van der Waals surface area contributed by atoms with Crippen molar-refractivity contribution in [1.82, 2.24) is 0 Å². The molecule has 0 aliphatic rings. The van der Waals surface area contributed by atoms with Crippen molar-refractivity contribution in [1.29, 1.82) is 5.41 Å². The maximum absolute atomic E-state index is 10.7. The molecule has 1 aromatic heterocycles. The van der Waals surface area contributed by atoms with Gasteiger partial charge in [-0.3, -0.25) is 20.9 Å². The topological polar surface area (TPSA) is 108 Å². The van der Waals surface area contributed by atoms with Gasteiger partial charge in [0, 0.05) is 42.4 Å². The quantitative estimate of drug-likeness (QED) is 0.349. The highest BCUT2D eigenvalue weighted by Gasteiger charge is 2.09. The number of hydrogen-bond acceptors (Lipinski definition) is 7. The van der Waals surface area contributed by atoms with E-state index in [-0.39, 0.29) is 11.2 Å². The van der Waals surface area contributed by atoms with Crippen LogP contribution in [0.1, 0.15) is 26.3 Å². The minimum Gasteiger partial charge on any atom is -0.438 e. The molecule has 2 aromatic carbocycles. The van der Waals surface area contributed by atoms with Crippen molar-refractivity contribution in [3.8, 4) is 0 Å². The van der Waals surface area contributed by atoms with E-state index in [1.54, 1.807) is 19.1 Å². The van der Waals surface area contributed by atoms with E-state index in [0.717, 1.165) is 24.2 Å². The molecule has 3 aromatic rings. The summed E-state index contributed by atoms with van der Waals surface area (Å²) < 4.78 is 5.74. The Hall–Kier alpha value is -3.68. The summed E-state index contributed by atoms with van der Waals surface area (Å²) in [6.45, 7) is 7.77. The molecule has 0 fully saturated rings. The average molecular weight is 393 g/mol. The molecule has 0 unspecified atom stereocenters. The molecule has 0 saturated heterocycles. The first-order valence-corrected chi connectivity index (χ1v) is 9.35. The number of hydrogen-bond donors (Lipinski definition) is 2. The van der Waals surface area contributed by atoms with Gasteiger partial charge in [-0.2, -0.15) is 5.10 Å². The largest absolute Gasteiger partial charge is 0.438 e. The molecule has 0 amide bonds. The molecule has 8 nitrogen and oxygen atoms in total. The van der Waals surface area contributed by atoms with E-state index < -0.39 is 4.92 Å². The van der Waals surface area contributed by atoms with E-state index in [0.29, 0.717) is 22.5 Å². The maximum Gasteiger partial charge on any atom is 0.269 e. The van der Waals surface area contributed by atoms with Crippen molar-refractivity contribution >= 4 is 33.7 Å². The molecule has 0 aliphatic carbocycles. The molecule has 0 aliphatic heterocycles. The molecule has 3 rings (SSSR count). The van der Waals surface area contributed by atoms with Crippen LogP contribution in [0.3, 0.4) is 0 Å². The lowest BCUT2D eigenvalue weighted by Crippen LogP contribution is -2.21. The average Bonchev–Trinajstić information content (AvgIpc) is 2.72. The van der Waals surface area contributed by atoms with E-state index in [4.69, 9.17) is 9.83 Å². The van der Waals surface area contributed by atoms with E-state index in [9.17, 15) is 10.1 Å². The van der Waals surface area contributed by atoms with Crippen LogP contribution in [0.15, 0.2) is 58.0 Å². The number of nitro groups is 1. The van der Waals surface area contributed by atoms with Crippen molar-refractivity contribution in [3.05, 3.63) is 69.8 Å². The number of hydrazone groups is 1. The third-order valence-electron chi connectivity index (χ3n) is 4.70. The van der Waals surface area contributed by atoms with Gasteiger partial charge >= 0.3 is 0 Å². The normalized spacial score (nSPS) is 11.5. The second kappa shape index (κ2) is 8.55. The van der Waals surface area contributed by atoms with Gasteiger partial charge in [0.25, 0.3) is 5.69 Å². The van der Waals surface area contributed by atoms with Crippen LogP contribution in [-0.4, -0.2) is 23.7 Å². The molecule has 0 saturated carbocycles. The highest BCUT2D eigenvalue weighted by molar-refractivity contribution is 6.00. The zero-order valence-electron chi connectivity index (χ0n) is 16.6. The highest BCUT2D eigenvalue weighted by Crippen LogP contribution is 2.22. The number of rotatable bonds is 7. The number of nitrogens with one attached hydrogen (secondary N) is 2. The Morgan fingerprint density at radius 3 is 2.48 bits per heavy atom. The molecule has 0 spiro atoms. The molecule has 0 bridgehead atoms. The monoisotopic (exact) mass is 393 g/mol. The minimum atomic E-state index is -0.451. The third kappa shape index (κ3) is 4.43.